The molecule has 1 amide bonds. The molecule has 0 aromatic carbocycles. The molecule has 0 radical (unpaired) electrons. The van der Waals surface area contributed by atoms with E-state index in [1.54, 1.807) is 12.3 Å². The predicted octanol–water partition coefficient (Wildman–Crippen LogP) is 2.79. The molecule has 0 spiro atoms. The number of amides is 1. The minimum atomic E-state index is 0.0329. The molecule has 0 aliphatic carbocycles. The van der Waals surface area contributed by atoms with Crippen LogP contribution >= 0.6 is 0 Å². The highest BCUT2D eigenvalue weighted by atomic mass is 16.2. The van der Waals surface area contributed by atoms with Crippen LogP contribution in [-0.2, 0) is 25.9 Å². The Morgan fingerprint density at radius 3 is 2.87 bits per heavy atom. The number of aromatic nitrogens is 3. The SMILES string of the molecule is CCc1cc(C(=O)N2Cc3cnc(CC(C)C)nc3C2)ccn1. The maximum atomic E-state index is 12.7. The van der Waals surface area contributed by atoms with E-state index < -0.39 is 0 Å². The van der Waals surface area contributed by atoms with Crippen LogP contribution in [0.2, 0.25) is 0 Å². The van der Waals surface area contributed by atoms with Crippen molar-refractivity contribution < 1.29 is 4.79 Å². The second kappa shape index (κ2) is 6.44. The van der Waals surface area contributed by atoms with E-state index in [9.17, 15) is 4.79 Å². The van der Waals surface area contributed by atoms with Crippen molar-refractivity contribution in [2.45, 2.75) is 46.7 Å². The minimum Gasteiger partial charge on any atom is -0.328 e. The molecule has 3 rings (SSSR count). The number of nitrogens with zero attached hydrogens (tertiary/aromatic N) is 4. The van der Waals surface area contributed by atoms with Gasteiger partial charge in [-0.1, -0.05) is 20.8 Å². The number of pyridine rings is 1. The molecule has 2 aromatic rings. The standard InChI is InChI=1S/C18H22N4O/c1-4-15-8-13(5-6-19-15)18(23)22-10-14-9-20-17(7-12(2)3)21-16(14)11-22/h5-6,8-9,12H,4,7,10-11H2,1-3H3. The van der Waals surface area contributed by atoms with E-state index in [1.165, 1.54) is 0 Å². The summed E-state index contributed by atoms with van der Waals surface area (Å²) in [5.74, 6) is 1.42. The van der Waals surface area contributed by atoms with Gasteiger partial charge in [0, 0.05) is 42.2 Å². The zero-order valence-corrected chi connectivity index (χ0v) is 13.9. The Kier molecular flexibility index (Phi) is 4.37. The summed E-state index contributed by atoms with van der Waals surface area (Å²) in [5, 5.41) is 0. The Hall–Kier alpha value is -2.30. The highest BCUT2D eigenvalue weighted by Gasteiger charge is 2.26. The molecule has 0 saturated carbocycles. The molecule has 0 bridgehead atoms. The van der Waals surface area contributed by atoms with Crippen molar-refractivity contribution in [2.75, 3.05) is 0 Å². The first-order valence-corrected chi connectivity index (χ1v) is 8.14. The topological polar surface area (TPSA) is 59.0 Å². The number of hydrogen-bond donors (Lipinski definition) is 0. The fourth-order valence-corrected chi connectivity index (χ4v) is 2.79. The van der Waals surface area contributed by atoms with E-state index in [0.29, 0.717) is 24.6 Å². The Labute approximate surface area is 136 Å². The second-order valence-electron chi connectivity index (χ2n) is 6.41. The third-order valence-corrected chi connectivity index (χ3v) is 4.01. The van der Waals surface area contributed by atoms with E-state index in [4.69, 9.17) is 0 Å². The lowest BCUT2D eigenvalue weighted by atomic mass is 10.1. The zero-order valence-electron chi connectivity index (χ0n) is 13.9. The van der Waals surface area contributed by atoms with Gasteiger partial charge < -0.3 is 4.90 Å². The summed E-state index contributed by atoms with van der Waals surface area (Å²) in [7, 11) is 0. The molecule has 0 unspecified atom stereocenters. The number of fused-ring (bicyclic) bond motifs is 1. The lowest BCUT2D eigenvalue weighted by Crippen LogP contribution is -2.25. The summed E-state index contributed by atoms with van der Waals surface area (Å²) < 4.78 is 0. The summed E-state index contributed by atoms with van der Waals surface area (Å²) in [5.41, 5.74) is 3.66. The summed E-state index contributed by atoms with van der Waals surface area (Å²) >= 11 is 0. The molecular weight excluding hydrogens is 288 g/mol. The van der Waals surface area contributed by atoms with Gasteiger partial charge in [-0.05, 0) is 24.5 Å². The lowest BCUT2D eigenvalue weighted by Gasteiger charge is -2.15. The van der Waals surface area contributed by atoms with Gasteiger partial charge in [-0.3, -0.25) is 9.78 Å². The van der Waals surface area contributed by atoms with Crippen LogP contribution in [0.4, 0.5) is 0 Å². The van der Waals surface area contributed by atoms with Crippen LogP contribution in [0.25, 0.3) is 0 Å². The number of aryl methyl sites for hydroxylation is 1. The molecule has 3 heterocycles. The van der Waals surface area contributed by atoms with Gasteiger partial charge in [-0.25, -0.2) is 9.97 Å². The third kappa shape index (κ3) is 3.38. The molecule has 0 fully saturated rings. The van der Waals surface area contributed by atoms with Crippen molar-refractivity contribution in [3.8, 4) is 0 Å². The van der Waals surface area contributed by atoms with Crippen LogP contribution < -0.4 is 0 Å². The molecule has 120 valence electrons. The maximum absolute atomic E-state index is 12.7. The molecule has 23 heavy (non-hydrogen) atoms. The number of carbonyl (C=O) groups excluding carboxylic acids is 1. The van der Waals surface area contributed by atoms with Gasteiger partial charge in [0.2, 0.25) is 0 Å². The fraction of sp³-hybridized carbons (Fsp3) is 0.444. The molecule has 1 aliphatic heterocycles. The molecule has 0 atom stereocenters. The van der Waals surface area contributed by atoms with Gasteiger partial charge in [-0.15, -0.1) is 0 Å². The lowest BCUT2D eigenvalue weighted by molar-refractivity contribution is 0.0750. The highest BCUT2D eigenvalue weighted by Crippen LogP contribution is 2.23. The normalized spacial score (nSPS) is 13.5. The third-order valence-electron chi connectivity index (χ3n) is 4.01. The van der Waals surface area contributed by atoms with Crippen molar-refractivity contribution >= 4 is 5.91 Å². The van der Waals surface area contributed by atoms with Crippen LogP contribution in [0.1, 0.15) is 53.9 Å². The van der Waals surface area contributed by atoms with Gasteiger partial charge in [0.25, 0.3) is 5.91 Å². The van der Waals surface area contributed by atoms with Crippen LogP contribution in [0.3, 0.4) is 0 Å². The van der Waals surface area contributed by atoms with Gasteiger partial charge in [0.15, 0.2) is 0 Å². The van der Waals surface area contributed by atoms with E-state index in [-0.39, 0.29) is 5.91 Å². The Morgan fingerprint density at radius 2 is 2.13 bits per heavy atom. The minimum absolute atomic E-state index is 0.0329. The predicted molar refractivity (Wildman–Crippen MR) is 87.8 cm³/mol. The highest BCUT2D eigenvalue weighted by molar-refractivity contribution is 5.94. The first-order valence-electron chi connectivity index (χ1n) is 8.14. The van der Waals surface area contributed by atoms with Crippen molar-refractivity contribution in [2.24, 2.45) is 5.92 Å². The zero-order chi connectivity index (χ0) is 16.4. The quantitative estimate of drug-likeness (QED) is 0.871. The van der Waals surface area contributed by atoms with E-state index in [1.807, 2.05) is 24.1 Å². The Balaban J connectivity index is 1.77. The summed E-state index contributed by atoms with van der Waals surface area (Å²) in [4.78, 5) is 27.8. The largest absolute Gasteiger partial charge is 0.328 e. The molecule has 2 aromatic heterocycles. The van der Waals surface area contributed by atoms with Crippen molar-refractivity contribution in [3.63, 3.8) is 0 Å². The second-order valence-corrected chi connectivity index (χ2v) is 6.41. The Bertz CT molecular complexity index is 727. The fourth-order valence-electron chi connectivity index (χ4n) is 2.79. The molecule has 0 N–H and O–H groups in total. The molecule has 5 nitrogen and oxygen atoms in total. The van der Waals surface area contributed by atoms with Crippen LogP contribution in [0, 0.1) is 5.92 Å². The van der Waals surface area contributed by atoms with Crippen LogP contribution in [-0.4, -0.2) is 25.8 Å². The maximum Gasteiger partial charge on any atom is 0.254 e. The monoisotopic (exact) mass is 310 g/mol. The van der Waals surface area contributed by atoms with Crippen molar-refractivity contribution in [3.05, 3.63) is 52.9 Å². The molecular formula is C18H22N4O. The summed E-state index contributed by atoms with van der Waals surface area (Å²) in [6.07, 6.45) is 5.27. The molecule has 1 aliphatic rings. The van der Waals surface area contributed by atoms with E-state index in [2.05, 4.69) is 28.8 Å². The van der Waals surface area contributed by atoms with Crippen molar-refractivity contribution in [1.82, 2.24) is 19.9 Å². The first kappa shape index (κ1) is 15.6. The number of carbonyl (C=O) groups is 1. The average molecular weight is 310 g/mol. The van der Waals surface area contributed by atoms with Crippen LogP contribution in [0.15, 0.2) is 24.5 Å². The van der Waals surface area contributed by atoms with E-state index in [0.717, 1.165) is 35.6 Å². The summed E-state index contributed by atoms with van der Waals surface area (Å²) in [6, 6.07) is 3.65. The molecule has 0 saturated heterocycles. The number of rotatable bonds is 4. The van der Waals surface area contributed by atoms with Gasteiger partial charge in [0.1, 0.15) is 5.82 Å². The first-order chi connectivity index (χ1) is 11.1. The van der Waals surface area contributed by atoms with Crippen molar-refractivity contribution in [1.29, 1.82) is 0 Å². The van der Waals surface area contributed by atoms with Gasteiger partial charge >= 0.3 is 0 Å². The number of hydrogen-bond acceptors (Lipinski definition) is 4. The van der Waals surface area contributed by atoms with Gasteiger partial charge in [0.05, 0.1) is 12.2 Å². The van der Waals surface area contributed by atoms with Gasteiger partial charge in [-0.2, -0.15) is 0 Å². The smallest absolute Gasteiger partial charge is 0.254 e. The Morgan fingerprint density at radius 1 is 1.30 bits per heavy atom. The van der Waals surface area contributed by atoms with Crippen LogP contribution in [0.5, 0.6) is 0 Å². The summed E-state index contributed by atoms with van der Waals surface area (Å²) in [6.45, 7) is 7.49. The average Bonchev–Trinajstić information content (AvgIpc) is 2.96. The van der Waals surface area contributed by atoms with E-state index >= 15 is 0 Å². The molecule has 5 heteroatoms.